The van der Waals surface area contributed by atoms with Crippen molar-refractivity contribution in [2.24, 2.45) is 5.16 Å². The third kappa shape index (κ3) is 1.92. The Hall–Kier alpha value is -2.11. The van der Waals surface area contributed by atoms with Gasteiger partial charge in [0, 0.05) is 11.6 Å². The van der Waals surface area contributed by atoms with Crippen molar-refractivity contribution in [1.82, 2.24) is 0 Å². The summed E-state index contributed by atoms with van der Waals surface area (Å²) in [6, 6.07) is 3.47. The van der Waals surface area contributed by atoms with E-state index in [1.807, 2.05) is 0 Å². The van der Waals surface area contributed by atoms with Gasteiger partial charge >= 0.3 is 0 Å². The molecule has 68 valence electrons. The Morgan fingerprint density at radius 3 is 2.69 bits per heavy atom. The van der Waals surface area contributed by atoms with E-state index in [1.165, 1.54) is 12.1 Å². The highest BCUT2D eigenvalue weighted by Crippen LogP contribution is 2.21. The van der Waals surface area contributed by atoms with Crippen LogP contribution in [0.5, 0.6) is 5.75 Å². The van der Waals surface area contributed by atoms with Gasteiger partial charge in [-0.25, -0.2) is 0 Å². The van der Waals surface area contributed by atoms with Gasteiger partial charge in [-0.2, -0.15) is 0 Å². The predicted octanol–water partition coefficient (Wildman–Crippen LogP) is 1.11. The van der Waals surface area contributed by atoms with E-state index in [2.05, 4.69) is 5.16 Å². The number of nitrogens with zero attached hydrogens (tertiary/aromatic N) is 2. The number of aromatic hydroxyl groups is 1. The molecule has 0 unspecified atom stereocenters. The topological polar surface area (TPSA) is 96.0 Å². The van der Waals surface area contributed by atoms with Gasteiger partial charge in [0.05, 0.1) is 17.2 Å². The Morgan fingerprint density at radius 1 is 1.54 bits per heavy atom. The third-order valence-electron chi connectivity index (χ3n) is 1.42. The van der Waals surface area contributed by atoms with Gasteiger partial charge in [-0.3, -0.25) is 10.1 Å². The first-order valence-electron chi connectivity index (χ1n) is 3.30. The molecule has 6 heteroatoms. The molecule has 0 heterocycles. The first-order chi connectivity index (χ1) is 6.15. The van der Waals surface area contributed by atoms with Crippen LogP contribution in [0.15, 0.2) is 23.4 Å². The van der Waals surface area contributed by atoms with Gasteiger partial charge in [-0.05, 0) is 6.07 Å². The summed E-state index contributed by atoms with van der Waals surface area (Å²) in [7, 11) is 0. The molecule has 1 aromatic rings. The lowest BCUT2D eigenvalue weighted by Crippen LogP contribution is -1.89. The normalized spacial score (nSPS) is 10.5. The highest BCUT2D eigenvalue weighted by Gasteiger charge is 2.08. The number of oxime groups is 1. The first kappa shape index (κ1) is 8.98. The molecule has 0 spiro atoms. The van der Waals surface area contributed by atoms with Gasteiger partial charge in [0.1, 0.15) is 5.75 Å². The van der Waals surface area contributed by atoms with Crippen LogP contribution in [0.25, 0.3) is 0 Å². The molecule has 2 N–H and O–H groups in total. The lowest BCUT2D eigenvalue weighted by molar-refractivity contribution is -0.384. The van der Waals surface area contributed by atoms with Crippen LogP contribution in [0, 0.1) is 10.1 Å². The quantitative estimate of drug-likeness (QED) is 0.310. The Labute approximate surface area is 72.9 Å². The van der Waals surface area contributed by atoms with Crippen molar-refractivity contribution in [3.63, 3.8) is 0 Å². The molecule has 0 atom stereocenters. The zero-order chi connectivity index (χ0) is 9.84. The summed E-state index contributed by atoms with van der Waals surface area (Å²) >= 11 is 0. The molecule has 0 radical (unpaired) electrons. The van der Waals surface area contributed by atoms with Crippen LogP contribution in [0.1, 0.15) is 5.56 Å². The van der Waals surface area contributed by atoms with Gasteiger partial charge in [0.25, 0.3) is 5.69 Å². The number of benzene rings is 1. The Kier molecular flexibility index (Phi) is 2.44. The Balaban J connectivity index is 3.12. The van der Waals surface area contributed by atoms with Crippen LogP contribution in [-0.2, 0) is 0 Å². The largest absolute Gasteiger partial charge is 0.507 e. The second-order valence-electron chi connectivity index (χ2n) is 2.24. The van der Waals surface area contributed by atoms with Crippen molar-refractivity contribution in [1.29, 1.82) is 0 Å². The molecule has 0 aromatic heterocycles. The second kappa shape index (κ2) is 3.53. The average molecular weight is 182 g/mol. The van der Waals surface area contributed by atoms with E-state index in [1.54, 1.807) is 0 Å². The molecule has 1 rings (SSSR count). The highest BCUT2D eigenvalue weighted by molar-refractivity contribution is 5.83. The van der Waals surface area contributed by atoms with Crippen LogP contribution in [0.4, 0.5) is 5.69 Å². The molecule has 0 saturated carbocycles. The SMILES string of the molecule is O=[N+]([O-])c1ccc(C=NO)c(O)c1. The summed E-state index contributed by atoms with van der Waals surface area (Å²) in [5.41, 5.74) is 0.000639. The fourth-order valence-electron chi connectivity index (χ4n) is 0.817. The number of nitro groups is 1. The summed E-state index contributed by atoms with van der Waals surface area (Å²) in [4.78, 5) is 9.61. The molecule has 0 aliphatic rings. The van der Waals surface area contributed by atoms with Crippen LogP contribution < -0.4 is 0 Å². The average Bonchev–Trinajstić information content (AvgIpc) is 2.08. The highest BCUT2D eigenvalue weighted by atomic mass is 16.6. The molecule has 13 heavy (non-hydrogen) atoms. The maximum atomic E-state index is 10.2. The lowest BCUT2D eigenvalue weighted by atomic mass is 10.2. The van der Waals surface area contributed by atoms with E-state index >= 15 is 0 Å². The Bertz CT molecular complexity index is 362. The van der Waals surface area contributed by atoms with Crippen molar-refractivity contribution in [2.45, 2.75) is 0 Å². The molecule has 6 nitrogen and oxygen atoms in total. The summed E-state index contributed by atoms with van der Waals surface area (Å²) in [5.74, 6) is -0.299. The monoisotopic (exact) mass is 182 g/mol. The van der Waals surface area contributed by atoms with E-state index < -0.39 is 4.92 Å². The van der Waals surface area contributed by atoms with Crippen LogP contribution in [-0.4, -0.2) is 21.5 Å². The number of hydrogen-bond acceptors (Lipinski definition) is 5. The smallest absolute Gasteiger partial charge is 0.273 e. The molecule has 0 amide bonds. The summed E-state index contributed by atoms with van der Waals surface area (Å²) in [6.07, 6.45) is 0.985. The van der Waals surface area contributed by atoms with E-state index in [4.69, 9.17) is 10.3 Å². The fourth-order valence-corrected chi connectivity index (χ4v) is 0.817. The number of nitro benzene ring substituents is 1. The van der Waals surface area contributed by atoms with Gasteiger partial charge < -0.3 is 10.3 Å². The zero-order valence-electron chi connectivity index (χ0n) is 6.41. The van der Waals surface area contributed by atoms with Crippen molar-refractivity contribution < 1.29 is 15.2 Å². The second-order valence-corrected chi connectivity index (χ2v) is 2.24. The van der Waals surface area contributed by atoms with Crippen LogP contribution >= 0.6 is 0 Å². The first-order valence-corrected chi connectivity index (χ1v) is 3.30. The van der Waals surface area contributed by atoms with Crippen molar-refractivity contribution >= 4 is 11.9 Å². The number of rotatable bonds is 2. The number of phenolic OH excluding ortho intramolecular Hbond substituents is 1. The van der Waals surface area contributed by atoms with Crippen molar-refractivity contribution in [3.05, 3.63) is 33.9 Å². The Morgan fingerprint density at radius 2 is 2.23 bits per heavy atom. The van der Waals surface area contributed by atoms with Crippen molar-refractivity contribution in [3.8, 4) is 5.75 Å². The molecular weight excluding hydrogens is 176 g/mol. The van der Waals surface area contributed by atoms with Crippen LogP contribution in [0.2, 0.25) is 0 Å². The zero-order valence-corrected chi connectivity index (χ0v) is 6.41. The maximum Gasteiger partial charge on any atom is 0.273 e. The number of hydrogen-bond donors (Lipinski definition) is 2. The predicted molar refractivity (Wildman–Crippen MR) is 44.1 cm³/mol. The minimum Gasteiger partial charge on any atom is -0.507 e. The van der Waals surface area contributed by atoms with Crippen molar-refractivity contribution in [2.75, 3.05) is 0 Å². The molecule has 1 aromatic carbocycles. The fraction of sp³-hybridized carbons (Fsp3) is 0. The van der Waals surface area contributed by atoms with Gasteiger partial charge in [-0.15, -0.1) is 0 Å². The van der Waals surface area contributed by atoms with Crippen LogP contribution in [0.3, 0.4) is 0 Å². The maximum absolute atomic E-state index is 10.2. The number of phenols is 1. The number of non-ortho nitro benzene ring substituents is 1. The van der Waals surface area contributed by atoms with E-state index in [0.717, 1.165) is 12.3 Å². The third-order valence-corrected chi connectivity index (χ3v) is 1.42. The van der Waals surface area contributed by atoms with E-state index in [9.17, 15) is 10.1 Å². The van der Waals surface area contributed by atoms with E-state index in [-0.39, 0.29) is 17.0 Å². The lowest BCUT2D eigenvalue weighted by Gasteiger charge is -1.96. The van der Waals surface area contributed by atoms with E-state index in [0.29, 0.717) is 0 Å². The van der Waals surface area contributed by atoms with Gasteiger partial charge in [0.2, 0.25) is 0 Å². The molecule has 0 bridgehead atoms. The molecule has 0 saturated heterocycles. The summed E-state index contributed by atoms with van der Waals surface area (Å²) in [6.45, 7) is 0. The van der Waals surface area contributed by atoms with Gasteiger partial charge in [0.15, 0.2) is 0 Å². The van der Waals surface area contributed by atoms with Gasteiger partial charge in [-0.1, -0.05) is 5.16 Å². The summed E-state index contributed by atoms with van der Waals surface area (Å²) < 4.78 is 0. The summed E-state index contributed by atoms with van der Waals surface area (Å²) in [5, 5.41) is 30.2. The minimum atomic E-state index is -0.625. The standard InChI is InChI=1S/C7H6N2O4/c10-7-3-6(9(12)13)2-1-5(7)4-8-11/h1-4,10-11H. The molecular formula is C7H6N2O4. The molecule has 0 aliphatic carbocycles. The minimum absolute atomic E-state index is 0.215. The molecule has 0 aliphatic heterocycles. The molecule has 0 fully saturated rings.